The molecule has 88 valence electrons. The van der Waals surface area contributed by atoms with E-state index in [1.54, 1.807) is 0 Å². The third-order valence-corrected chi connectivity index (χ3v) is 2.47. The molecular weight excluding hydrogens is 248 g/mol. The normalized spacial score (nSPS) is 10.3. The first-order chi connectivity index (χ1) is 8.15. The molecule has 1 heterocycles. The van der Waals surface area contributed by atoms with Crippen LogP contribution in [-0.2, 0) is 6.61 Å². The fourth-order valence-electron chi connectivity index (χ4n) is 1.26. The van der Waals surface area contributed by atoms with Crippen LogP contribution in [0.5, 0.6) is 5.75 Å². The Morgan fingerprint density at radius 2 is 2.00 bits per heavy atom. The number of hydrogen-bond donors (Lipinski definition) is 0. The Morgan fingerprint density at radius 1 is 1.18 bits per heavy atom. The lowest BCUT2D eigenvalue weighted by atomic mass is 10.2. The van der Waals surface area contributed by atoms with Crippen LogP contribution in [-0.4, -0.2) is 4.98 Å². The van der Waals surface area contributed by atoms with Crippen molar-refractivity contribution in [1.29, 1.82) is 0 Å². The smallest absolute Gasteiger partial charge is 0.213 e. The summed E-state index contributed by atoms with van der Waals surface area (Å²) in [6.07, 6.45) is 1.25. The van der Waals surface area contributed by atoms with Gasteiger partial charge in [0.15, 0.2) is 0 Å². The minimum absolute atomic E-state index is 0.101. The fraction of sp³-hybridized carbons (Fsp3) is 0.0833. The number of hydrogen-bond acceptors (Lipinski definition) is 2. The number of benzene rings is 1. The number of rotatable bonds is 3. The van der Waals surface area contributed by atoms with Crippen molar-refractivity contribution in [2.45, 2.75) is 6.61 Å². The van der Waals surface area contributed by atoms with E-state index < -0.39 is 5.95 Å². The Hall–Kier alpha value is -1.68. The van der Waals surface area contributed by atoms with Gasteiger partial charge < -0.3 is 4.74 Å². The van der Waals surface area contributed by atoms with Gasteiger partial charge in [-0.2, -0.15) is 4.39 Å². The quantitative estimate of drug-likeness (QED) is 0.782. The summed E-state index contributed by atoms with van der Waals surface area (Å²) in [7, 11) is 0. The monoisotopic (exact) mass is 255 g/mol. The number of ether oxygens (including phenoxy) is 1. The van der Waals surface area contributed by atoms with Crippen molar-refractivity contribution in [2.24, 2.45) is 0 Å². The van der Waals surface area contributed by atoms with E-state index in [0.29, 0.717) is 16.3 Å². The van der Waals surface area contributed by atoms with Crippen LogP contribution in [0.2, 0.25) is 5.02 Å². The molecule has 2 rings (SSSR count). The Labute approximate surface area is 102 Å². The summed E-state index contributed by atoms with van der Waals surface area (Å²) >= 11 is 5.87. The van der Waals surface area contributed by atoms with Crippen LogP contribution in [0.4, 0.5) is 8.78 Å². The second-order valence-corrected chi connectivity index (χ2v) is 3.75. The van der Waals surface area contributed by atoms with Gasteiger partial charge in [0.25, 0.3) is 0 Å². The van der Waals surface area contributed by atoms with Crippen molar-refractivity contribution in [3.8, 4) is 5.75 Å². The van der Waals surface area contributed by atoms with E-state index in [4.69, 9.17) is 16.3 Å². The van der Waals surface area contributed by atoms with E-state index in [-0.39, 0.29) is 12.4 Å². The molecule has 5 heteroatoms. The van der Waals surface area contributed by atoms with E-state index in [2.05, 4.69) is 4.98 Å². The van der Waals surface area contributed by atoms with Gasteiger partial charge >= 0.3 is 0 Å². The average molecular weight is 256 g/mol. The minimum atomic E-state index is -0.582. The third kappa shape index (κ3) is 3.14. The van der Waals surface area contributed by atoms with Crippen LogP contribution in [0, 0.1) is 11.8 Å². The molecule has 0 atom stereocenters. The maximum absolute atomic E-state index is 12.9. The van der Waals surface area contributed by atoms with Crippen molar-refractivity contribution in [1.82, 2.24) is 4.98 Å². The van der Waals surface area contributed by atoms with Crippen molar-refractivity contribution < 1.29 is 13.5 Å². The first-order valence-electron chi connectivity index (χ1n) is 4.83. The molecule has 0 radical (unpaired) electrons. The SMILES string of the molecule is Fc1ccc(Cl)c(COc2ccc(F)nc2)c1. The predicted molar refractivity (Wildman–Crippen MR) is 59.9 cm³/mol. The topological polar surface area (TPSA) is 22.1 Å². The second kappa shape index (κ2) is 5.10. The van der Waals surface area contributed by atoms with Gasteiger partial charge in [-0.25, -0.2) is 9.37 Å². The summed E-state index contributed by atoms with van der Waals surface area (Å²) in [5, 5.41) is 0.418. The highest BCUT2D eigenvalue weighted by Crippen LogP contribution is 2.19. The molecule has 0 spiro atoms. The molecule has 17 heavy (non-hydrogen) atoms. The maximum atomic E-state index is 12.9. The van der Waals surface area contributed by atoms with Crippen LogP contribution in [0.1, 0.15) is 5.56 Å². The highest BCUT2D eigenvalue weighted by Gasteiger charge is 2.03. The van der Waals surface area contributed by atoms with Crippen LogP contribution in [0.25, 0.3) is 0 Å². The van der Waals surface area contributed by atoms with Gasteiger partial charge in [-0.15, -0.1) is 0 Å². The van der Waals surface area contributed by atoms with E-state index in [9.17, 15) is 8.78 Å². The molecule has 1 aromatic carbocycles. The predicted octanol–water partition coefficient (Wildman–Crippen LogP) is 3.59. The van der Waals surface area contributed by atoms with E-state index in [0.717, 1.165) is 0 Å². The van der Waals surface area contributed by atoms with Crippen LogP contribution >= 0.6 is 11.6 Å². The van der Waals surface area contributed by atoms with E-state index in [1.807, 2.05) is 0 Å². The minimum Gasteiger partial charge on any atom is -0.487 e. The maximum Gasteiger partial charge on any atom is 0.213 e. The Balaban J connectivity index is 2.07. The first-order valence-corrected chi connectivity index (χ1v) is 5.21. The van der Waals surface area contributed by atoms with Crippen LogP contribution in [0.3, 0.4) is 0 Å². The summed E-state index contributed by atoms with van der Waals surface area (Å²) in [4.78, 5) is 3.43. The molecule has 0 fully saturated rings. The molecule has 2 nitrogen and oxygen atoms in total. The summed E-state index contributed by atoms with van der Waals surface area (Å²) in [6, 6.07) is 6.64. The van der Waals surface area contributed by atoms with Crippen LogP contribution < -0.4 is 4.74 Å². The van der Waals surface area contributed by atoms with Gasteiger partial charge in [-0.05, 0) is 30.3 Å². The molecule has 0 aliphatic rings. The van der Waals surface area contributed by atoms with Crippen molar-refractivity contribution in [2.75, 3.05) is 0 Å². The van der Waals surface area contributed by atoms with E-state index >= 15 is 0 Å². The Morgan fingerprint density at radius 3 is 2.71 bits per heavy atom. The molecule has 0 unspecified atom stereocenters. The van der Waals surface area contributed by atoms with Gasteiger partial charge in [0.2, 0.25) is 5.95 Å². The number of pyridine rings is 1. The zero-order valence-corrected chi connectivity index (χ0v) is 9.42. The number of aromatic nitrogens is 1. The zero-order valence-electron chi connectivity index (χ0n) is 8.66. The molecule has 0 bridgehead atoms. The summed E-state index contributed by atoms with van der Waals surface area (Å²) < 4.78 is 30.8. The Bertz CT molecular complexity index is 516. The second-order valence-electron chi connectivity index (χ2n) is 3.34. The Kier molecular flexibility index (Phi) is 3.54. The molecule has 0 amide bonds. The lowest BCUT2D eigenvalue weighted by Crippen LogP contribution is -1.97. The van der Waals surface area contributed by atoms with Gasteiger partial charge in [-0.1, -0.05) is 11.6 Å². The molecular formula is C12H8ClF2NO. The highest BCUT2D eigenvalue weighted by molar-refractivity contribution is 6.31. The molecule has 0 aliphatic heterocycles. The molecule has 0 saturated carbocycles. The number of nitrogens with zero attached hydrogens (tertiary/aromatic N) is 1. The molecule has 0 aliphatic carbocycles. The molecule has 0 saturated heterocycles. The van der Waals surface area contributed by atoms with E-state index in [1.165, 1.54) is 36.5 Å². The average Bonchev–Trinajstić information content (AvgIpc) is 2.32. The van der Waals surface area contributed by atoms with Gasteiger partial charge in [0.1, 0.15) is 18.2 Å². The fourth-order valence-corrected chi connectivity index (χ4v) is 1.43. The zero-order chi connectivity index (χ0) is 12.3. The molecule has 1 aromatic heterocycles. The lowest BCUT2D eigenvalue weighted by molar-refractivity contribution is 0.303. The van der Waals surface area contributed by atoms with Gasteiger partial charge in [-0.3, -0.25) is 0 Å². The summed E-state index contributed by atoms with van der Waals surface area (Å²) in [5.74, 6) is -0.571. The van der Waals surface area contributed by atoms with Crippen molar-refractivity contribution in [3.05, 3.63) is 58.9 Å². The van der Waals surface area contributed by atoms with Gasteiger partial charge in [0, 0.05) is 10.6 Å². The lowest BCUT2D eigenvalue weighted by Gasteiger charge is -2.07. The first kappa shape index (κ1) is 11.8. The van der Waals surface area contributed by atoms with Gasteiger partial charge in [0.05, 0.1) is 6.20 Å². The van der Waals surface area contributed by atoms with Crippen molar-refractivity contribution >= 4 is 11.6 Å². The number of halogens is 3. The highest BCUT2D eigenvalue weighted by atomic mass is 35.5. The summed E-state index contributed by atoms with van der Waals surface area (Å²) in [6.45, 7) is 0.101. The third-order valence-electron chi connectivity index (χ3n) is 2.10. The van der Waals surface area contributed by atoms with Crippen molar-refractivity contribution in [3.63, 3.8) is 0 Å². The molecule has 2 aromatic rings. The summed E-state index contributed by atoms with van der Waals surface area (Å²) in [5.41, 5.74) is 0.524. The largest absolute Gasteiger partial charge is 0.487 e. The van der Waals surface area contributed by atoms with Crippen LogP contribution in [0.15, 0.2) is 36.5 Å². The standard InChI is InChI=1S/C12H8ClF2NO/c13-11-3-1-9(14)5-8(11)7-17-10-2-4-12(15)16-6-10/h1-6H,7H2. The molecule has 0 N–H and O–H groups in total.